The first-order valence-corrected chi connectivity index (χ1v) is 6.94. The molecule has 0 bridgehead atoms. The van der Waals surface area contributed by atoms with Gasteiger partial charge in [0.15, 0.2) is 0 Å². The molecule has 1 atom stereocenters. The predicted octanol–water partition coefficient (Wildman–Crippen LogP) is 2.12. The van der Waals surface area contributed by atoms with E-state index < -0.39 is 0 Å². The molecular formula is C10H13IN4S. The second-order valence-corrected chi connectivity index (χ2v) is 6.16. The molecule has 0 radical (unpaired) electrons. The highest BCUT2D eigenvalue weighted by Gasteiger charge is 2.17. The topological polar surface area (TPSA) is 55.9 Å². The number of hydrogen-bond acceptors (Lipinski definition) is 4. The van der Waals surface area contributed by atoms with E-state index in [9.17, 15) is 0 Å². The van der Waals surface area contributed by atoms with Crippen molar-refractivity contribution in [1.29, 1.82) is 0 Å². The minimum absolute atomic E-state index is 0.0159. The van der Waals surface area contributed by atoms with E-state index in [0.29, 0.717) is 0 Å². The summed E-state index contributed by atoms with van der Waals surface area (Å²) in [5.41, 5.74) is 5.13. The molecule has 0 spiro atoms. The molecule has 1 unspecified atom stereocenters. The molecule has 0 aromatic carbocycles. The second-order valence-electron chi connectivity index (χ2n) is 3.36. The molecule has 0 aliphatic heterocycles. The molecule has 16 heavy (non-hydrogen) atoms. The van der Waals surface area contributed by atoms with Crippen molar-refractivity contribution in [3.63, 3.8) is 0 Å². The van der Waals surface area contributed by atoms with E-state index in [-0.39, 0.29) is 6.04 Å². The number of aromatic nitrogens is 2. The quantitative estimate of drug-likeness (QED) is 0.506. The maximum absolute atomic E-state index is 5.64. The first-order valence-electron chi connectivity index (χ1n) is 4.98. The van der Waals surface area contributed by atoms with Crippen LogP contribution in [-0.4, -0.2) is 9.78 Å². The molecule has 2 heterocycles. The van der Waals surface area contributed by atoms with E-state index in [1.807, 2.05) is 10.7 Å². The van der Waals surface area contributed by atoms with Crippen molar-refractivity contribution >= 4 is 33.9 Å². The fraction of sp³-hybridized carbons (Fsp3) is 0.300. The Kier molecular flexibility index (Phi) is 3.95. The molecule has 2 rings (SSSR count). The Hall–Kier alpha value is -0.440. The molecule has 3 N–H and O–H groups in total. The molecule has 0 saturated heterocycles. The number of halogens is 1. The van der Waals surface area contributed by atoms with E-state index in [1.54, 1.807) is 17.5 Å². The van der Waals surface area contributed by atoms with Crippen LogP contribution in [0.4, 0.5) is 0 Å². The molecule has 0 amide bonds. The Morgan fingerprint density at radius 1 is 1.69 bits per heavy atom. The highest BCUT2D eigenvalue weighted by Crippen LogP contribution is 2.26. The van der Waals surface area contributed by atoms with Gasteiger partial charge in [0.2, 0.25) is 0 Å². The van der Waals surface area contributed by atoms with Crippen LogP contribution in [0.1, 0.15) is 24.2 Å². The summed E-state index contributed by atoms with van der Waals surface area (Å²) in [6, 6.07) is 4.16. The van der Waals surface area contributed by atoms with Crippen molar-refractivity contribution in [2.75, 3.05) is 0 Å². The van der Waals surface area contributed by atoms with Crippen molar-refractivity contribution in [2.24, 2.45) is 5.84 Å². The summed E-state index contributed by atoms with van der Waals surface area (Å²) in [6.45, 7) is 2.92. The highest BCUT2D eigenvalue weighted by molar-refractivity contribution is 14.1. The van der Waals surface area contributed by atoms with Crippen molar-refractivity contribution in [2.45, 2.75) is 19.5 Å². The number of nitrogens with two attached hydrogens (primary N) is 1. The maximum atomic E-state index is 5.64. The summed E-state index contributed by atoms with van der Waals surface area (Å²) in [7, 11) is 0. The SMILES string of the molecule is CCn1nccc1C(NN)c1csc(I)c1. The first-order chi connectivity index (χ1) is 7.76. The van der Waals surface area contributed by atoms with Crippen LogP contribution in [0, 0.1) is 2.88 Å². The third-order valence-corrected chi connectivity index (χ3v) is 4.24. The van der Waals surface area contributed by atoms with Gasteiger partial charge in [-0.15, -0.1) is 11.3 Å². The zero-order valence-corrected chi connectivity index (χ0v) is 11.8. The summed E-state index contributed by atoms with van der Waals surface area (Å²) in [5.74, 6) is 5.64. The highest BCUT2D eigenvalue weighted by atomic mass is 127. The summed E-state index contributed by atoms with van der Waals surface area (Å²) in [5, 5.41) is 6.38. The lowest BCUT2D eigenvalue weighted by Crippen LogP contribution is -2.30. The second kappa shape index (κ2) is 5.26. The summed E-state index contributed by atoms with van der Waals surface area (Å²) in [6.07, 6.45) is 1.81. The van der Waals surface area contributed by atoms with Crippen LogP contribution < -0.4 is 11.3 Å². The van der Waals surface area contributed by atoms with Crippen LogP contribution in [0.25, 0.3) is 0 Å². The normalized spacial score (nSPS) is 12.9. The Morgan fingerprint density at radius 2 is 2.50 bits per heavy atom. The van der Waals surface area contributed by atoms with Gasteiger partial charge in [0.25, 0.3) is 0 Å². The summed E-state index contributed by atoms with van der Waals surface area (Å²) >= 11 is 4.03. The summed E-state index contributed by atoms with van der Waals surface area (Å²) in [4.78, 5) is 0. The Bertz CT molecular complexity index is 465. The van der Waals surface area contributed by atoms with Gasteiger partial charge in [-0.2, -0.15) is 5.10 Å². The maximum Gasteiger partial charge on any atom is 0.0886 e. The van der Waals surface area contributed by atoms with Gasteiger partial charge in [-0.25, -0.2) is 5.43 Å². The van der Waals surface area contributed by atoms with Crippen LogP contribution in [0.15, 0.2) is 23.7 Å². The van der Waals surface area contributed by atoms with Gasteiger partial charge >= 0.3 is 0 Å². The molecule has 0 fully saturated rings. The van der Waals surface area contributed by atoms with E-state index >= 15 is 0 Å². The van der Waals surface area contributed by atoms with Crippen molar-refractivity contribution in [3.05, 3.63) is 37.9 Å². The number of nitrogens with zero attached hydrogens (tertiary/aromatic N) is 2. The lowest BCUT2D eigenvalue weighted by Gasteiger charge is -2.15. The largest absolute Gasteiger partial charge is 0.271 e. The van der Waals surface area contributed by atoms with Gasteiger partial charge in [-0.3, -0.25) is 10.5 Å². The van der Waals surface area contributed by atoms with Crippen molar-refractivity contribution < 1.29 is 0 Å². The van der Waals surface area contributed by atoms with Crippen LogP contribution in [0.2, 0.25) is 0 Å². The predicted molar refractivity (Wildman–Crippen MR) is 74.1 cm³/mol. The van der Waals surface area contributed by atoms with Crippen LogP contribution in [0.5, 0.6) is 0 Å². The minimum atomic E-state index is 0.0159. The van der Waals surface area contributed by atoms with Gasteiger partial charge in [0.1, 0.15) is 0 Å². The van der Waals surface area contributed by atoms with Gasteiger partial charge in [-0.1, -0.05) is 0 Å². The average Bonchev–Trinajstić information content (AvgIpc) is 2.89. The Balaban J connectivity index is 2.36. The zero-order chi connectivity index (χ0) is 11.5. The molecule has 0 saturated carbocycles. The number of thiophene rings is 1. The van der Waals surface area contributed by atoms with Crippen LogP contribution in [-0.2, 0) is 6.54 Å². The Labute approximate surface area is 112 Å². The fourth-order valence-corrected chi connectivity index (χ4v) is 3.08. The van der Waals surface area contributed by atoms with Crippen LogP contribution in [0.3, 0.4) is 0 Å². The molecule has 0 aliphatic rings. The molecule has 6 heteroatoms. The molecule has 2 aromatic heterocycles. The van der Waals surface area contributed by atoms with Gasteiger partial charge in [0, 0.05) is 12.7 Å². The van der Waals surface area contributed by atoms with Crippen LogP contribution >= 0.6 is 33.9 Å². The molecule has 0 aliphatic carbocycles. The van der Waals surface area contributed by atoms with E-state index in [2.05, 4.69) is 51.5 Å². The van der Waals surface area contributed by atoms with Gasteiger partial charge < -0.3 is 0 Å². The number of hydrazine groups is 1. The van der Waals surface area contributed by atoms with Gasteiger partial charge in [0.05, 0.1) is 14.6 Å². The minimum Gasteiger partial charge on any atom is -0.271 e. The standard InChI is InChI=1S/C10H13IN4S/c1-2-15-8(3-4-13-15)10(14-12)7-5-9(11)16-6-7/h3-6,10,14H,2,12H2,1H3. The third kappa shape index (κ3) is 2.29. The number of rotatable bonds is 4. The van der Waals surface area contributed by atoms with E-state index in [4.69, 9.17) is 5.84 Å². The van der Waals surface area contributed by atoms with E-state index in [1.165, 1.54) is 8.45 Å². The number of aryl methyl sites for hydroxylation is 1. The van der Waals surface area contributed by atoms with Crippen molar-refractivity contribution in [1.82, 2.24) is 15.2 Å². The third-order valence-electron chi connectivity index (χ3n) is 2.43. The van der Waals surface area contributed by atoms with E-state index in [0.717, 1.165) is 12.2 Å². The Morgan fingerprint density at radius 3 is 3.06 bits per heavy atom. The average molecular weight is 348 g/mol. The van der Waals surface area contributed by atoms with Gasteiger partial charge in [-0.05, 0) is 52.6 Å². The lowest BCUT2D eigenvalue weighted by atomic mass is 10.1. The number of hydrogen-bond donors (Lipinski definition) is 2. The summed E-state index contributed by atoms with van der Waals surface area (Å²) < 4.78 is 3.21. The molecule has 2 aromatic rings. The molecule has 4 nitrogen and oxygen atoms in total. The lowest BCUT2D eigenvalue weighted by molar-refractivity contribution is 0.544. The van der Waals surface area contributed by atoms with Crippen molar-refractivity contribution in [3.8, 4) is 0 Å². The smallest absolute Gasteiger partial charge is 0.0886 e. The number of nitrogens with one attached hydrogen (secondary N) is 1. The molecular weight excluding hydrogens is 335 g/mol. The molecule has 86 valence electrons. The monoisotopic (exact) mass is 348 g/mol. The first kappa shape index (κ1) is 12.0. The zero-order valence-electron chi connectivity index (χ0n) is 8.85. The fourth-order valence-electron chi connectivity index (χ4n) is 1.68.